The van der Waals surface area contributed by atoms with Gasteiger partial charge in [-0.2, -0.15) is 0 Å². The van der Waals surface area contributed by atoms with E-state index < -0.39 is 0 Å². The molecule has 1 aromatic heterocycles. The van der Waals surface area contributed by atoms with Gasteiger partial charge in [-0.15, -0.1) is 11.8 Å². The number of aromatic nitrogens is 2. The second-order valence-electron chi connectivity index (χ2n) is 3.57. The molecule has 0 amide bonds. The lowest BCUT2D eigenvalue weighted by Gasteiger charge is -2.04. The largest absolute Gasteiger partial charge is 0.222 e. The van der Waals surface area contributed by atoms with E-state index >= 15 is 0 Å². The minimum atomic E-state index is 0.498. The minimum absolute atomic E-state index is 0.498. The van der Waals surface area contributed by atoms with Crippen LogP contribution in [0, 0.1) is 0 Å². The maximum atomic E-state index is 6.01. The number of thioether (sulfide) groups is 1. The molecule has 0 aliphatic carbocycles. The molecular weight excluding hydrogens is 252 g/mol. The van der Waals surface area contributed by atoms with Gasteiger partial charge in [-0.25, -0.2) is 9.97 Å². The molecule has 0 aliphatic rings. The van der Waals surface area contributed by atoms with Crippen LogP contribution in [0.4, 0.5) is 0 Å². The highest BCUT2D eigenvalue weighted by Gasteiger charge is 2.05. The summed E-state index contributed by atoms with van der Waals surface area (Å²) in [5.41, 5.74) is 0.994. The molecule has 1 aromatic carbocycles. The Hall–Kier alpha value is -1.06. The summed E-state index contributed by atoms with van der Waals surface area (Å²) in [4.78, 5) is 8.76. The Labute approximate surface area is 110 Å². The molecule has 0 saturated carbocycles. The minimum Gasteiger partial charge on any atom is -0.222 e. The molecule has 0 spiro atoms. The van der Waals surface area contributed by atoms with E-state index in [0.29, 0.717) is 11.0 Å². The van der Waals surface area contributed by atoms with Crippen molar-refractivity contribution in [3.05, 3.63) is 41.6 Å². The summed E-state index contributed by atoms with van der Waals surface area (Å²) in [5, 5.41) is 1.43. The molecule has 0 atom stereocenters. The molecule has 17 heavy (non-hydrogen) atoms. The van der Waals surface area contributed by atoms with Crippen LogP contribution in [0.5, 0.6) is 0 Å². The Kier molecular flexibility index (Phi) is 4.40. The third-order valence-electron chi connectivity index (χ3n) is 2.16. The van der Waals surface area contributed by atoms with Crippen molar-refractivity contribution in [2.24, 2.45) is 0 Å². The number of nitrogens with zero attached hydrogens (tertiary/aromatic N) is 2. The van der Waals surface area contributed by atoms with Crippen molar-refractivity contribution in [3.8, 4) is 11.4 Å². The molecule has 2 nitrogen and oxygen atoms in total. The Morgan fingerprint density at radius 3 is 2.65 bits per heavy atom. The van der Waals surface area contributed by atoms with Crippen molar-refractivity contribution < 1.29 is 0 Å². The van der Waals surface area contributed by atoms with Gasteiger partial charge in [0.1, 0.15) is 10.2 Å². The summed E-state index contributed by atoms with van der Waals surface area (Å²) in [6.07, 6.45) is 1.12. The lowest BCUT2D eigenvalue weighted by Crippen LogP contribution is -1.92. The highest BCUT2D eigenvalue weighted by Crippen LogP contribution is 2.23. The molecule has 2 rings (SSSR count). The van der Waals surface area contributed by atoms with Gasteiger partial charge >= 0.3 is 0 Å². The number of halogens is 1. The molecule has 4 heteroatoms. The normalized spacial score (nSPS) is 10.5. The van der Waals surface area contributed by atoms with Crippen molar-refractivity contribution in [1.29, 1.82) is 0 Å². The number of rotatable bonds is 4. The standard InChI is InChI=1S/C13H13ClN2S/c1-2-8-17-12-9-11(14)15-13(16-12)10-6-4-3-5-7-10/h3-7,9H,2,8H2,1H3. The molecule has 0 bridgehead atoms. The monoisotopic (exact) mass is 264 g/mol. The van der Waals surface area contributed by atoms with Gasteiger partial charge in [0, 0.05) is 11.6 Å². The lowest BCUT2D eigenvalue weighted by atomic mass is 10.2. The van der Waals surface area contributed by atoms with Crippen LogP contribution in [0.2, 0.25) is 5.15 Å². The number of hydrogen-bond donors (Lipinski definition) is 0. The third kappa shape index (κ3) is 3.45. The van der Waals surface area contributed by atoms with Gasteiger partial charge in [-0.1, -0.05) is 48.9 Å². The number of benzene rings is 1. The average Bonchev–Trinajstić information content (AvgIpc) is 2.37. The van der Waals surface area contributed by atoms with Gasteiger partial charge in [-0.05, 0) is 12.2 Å². The van der Waals surface area contributed by atoms with Gasteiger partial charge < -0.3 is 0 Å². The third-order valence-corrected chi connectivity index (χ3v) is 3.47. The van der Waals surface area contributed by atoms with E-state index in [9.17, 15) is 0 Å². The summed E-state index contributed by atoms with van der Waals surface area (Å²) in [7, 11) is 0. The van der Waals surface area contributed by atoms with Crippen molar-refractivity contribution in [1.82, 2.24) is 9.97 Å². The molecule has 0 radical (unpaired) electrons. The fraction of sp³-hybridized carbons (Fsp3) is 0.231. The average molecular weight is 265 g/mol. The highest BCUT2D eigenvalue weighted by atomic mass is 35.5. The summed E-state index contributed by atoms with van der Waals surface area (Å²) in [6, 6.07) is 11.7. The maximum absolute atomic E-state index is 6.01. The first-order valence-corrected chi connectivity index (χ1v) is 6.88. The van der Waals surface area contributed by atoms with Crippen molar-refractivity contribution in [2.75, 3.05) is 5.75 Å². The fourth-order valence-corrected chi connectivity index (χ4v) is 2.40. The first-order valence-electron chi connectivity index (χ1n) is 5.52. The van der Waals surface area contributed by atoms with Gasteiger partial charge in [0.25, 0.3) is 0 Å². The predicted octanol–water partition coefficient (Wildman–Crippen LogP) is 4.30. The van der Waals surface area contributed by atoms with E-state index in [1.165, 1.54) is 0 Å². The molecule has 1 heterocycles. The molecular formula is C13H13ClN2S. The van der Waals surface area contributed by atoms with Crippen LogP contribution in [-0.2, 0) is 0 Å². The van der Waals surface area contributed by atoms with Crippen LogP contribution >= 0.6 is 23.4 Å². The molecule has 0 N–H and O–H groups in total. The fourth-order valence-electron chi connectivity index (χ4n) is 1.39. The smallest absolute Gasteiger partial charge is 0.162 e. The first-order chi connectivity index (χ1) is 8.29. The van der Waals surface area contributed by atoms with E-state index in [1.54, 1.807) is 11.8 Å². The Morgan fingerprint density at radius 2 is 1.94 bits per heavy atom. The zero-order chi connectivity index (χ0) is 12.1. The molecule has 0 fully saturated rings. The van der Waals surface area contributed by atoms with Gasteiger partial charge in [0.2, 0.25) is 0 Å². The van der Waals surface area contributed by atoms with E-state index in [0.717, 1.165) is 22.8 Å². The van der Waals surface area contributed by atoms with Crippen LogP contribution in [0.1, 0.15) is 13.3 Å². The van der Waals surface area contributed by atoms with Crippen LogP contribution in [0.15, 0.2) is 41.4 Å². The van der Waals surface area contributed by atoms with Crippen LogP contribution in [-0.4, -0.2) is 15.7 Å². The van der Waals surface area contributed by atoms with E-state index in [2.05, 4.69) is 16.9 Å². The topological polar surface area (TPSA) is 25.8 Å². The summed E-state index contributed by atoms with van der Waals surface area (Å²) in [5.74, 6) is 1.73. The van der Waals surface area contributed by atoms with Gasteiger partial charge in [0.15, 0.2) is 5.82 Å². The maximum Gasteiger partial charge on any atom is 0.162 e. The molecule has 0 saturated heterocycles. The van der Waals surface area contributed by atoms with Crippen molar-refractivity contribution >= 4 is 23.4 Å². The van der Waals surface area contributed by atoms with E-state index in [4.69, 9.17) is 11.6 Å². The van der Waals surface area contributed by atoms with Crippen LogP contribution in [0.25, 0.3) is 11.4 Å². The number of hydrogen-bond acceptors (Lipinski definition) is 3. The highest BCUT2D eigenvalue weighted by molar-refractivity contribution is 7.99. The van der Waals surface area contributed by atoms with Gasteiger partial charge in [0.05, 0.1) is 0 Å². The van der Waals surface area contributed by atoms with Crippen LogP contribution in [0.3, 0.4) is 0 Å². The molecule has 0 aliphatic heterocycles. The van der Waals surface area contributed by atoms with Gasteiger partial charge in [-0.3, -0.25) is 0 Å². The zero-order valence-corrected chi connectivity index (χ0v) is 11.1. The van der Waals surface area contributed by atoms with E-state index in [1.807, 2.05) is 36.4 Å². The predicted molar refractivity (Wildman–Crippen MR) is 73.5 cm³/mol. The second kappa shape index (κ2) is 6.03. The zero-order valence-electron chi connectivity index (χ0n) is 9.56. The van der Waals surface area contributed by atoms with Crippen molar-refractivity contribution in [3.63, 3.8) is 0 Å². The summed E-state index contributed by atoms with van der Waals surface area (Å²) < 4.78 is 0. The molecule has 0 unspecified atom stereocenters. The lowest BCUT2D eigenvalue weighted by molar-refractivity contribution is 1.04. The Bertz CT molecular complexity index is 488. The Balaban J connectivity index is 2.32. The van der Waals surface area contributed by atoms with Crippen molar-refractivity contribution in [2.45, 2.75) is 18.4 Å². The van der Waals surface area contributed by atoms with E-state index in [-0.39, 0.29) is 0 Å². The summed E-state index contributed by atoms with van der Waals surface area (Å²) >= 11 is 7.72. The SMILES string of the molecule is CCCSc1cc(Cl)nc(-c2ccccc2)n1. The Morgan fingerprint density at radius 1 is 1.18 bits per heavy atom. The second-order valence-corrected chi connectivity index (χ2v) is 5.07. The summed E-state index contributed by atoms with van der Waals surface area (Å²) in [6.45, 7) is 2.15. The molecule has 88 valence electrons. The first kappa shape index (κ1) is 12.4. The quantitative estimate of drug-likeness (QED) is 0.608. The van der Waals surface area contributed by atoms with Crippen LogP contribution < -0.4 is 0 Å². The molecule has 2 aromatic rings.